The van der Waals surface area contributed by atoms with Gasteiger partial charge >= 0.3 is 12.1 Å². The highest BCUT2D eigenvalue weighted by molar-refractivity contribution is 7.99. The molecule has 108 valence electrons. The number of rotatable bonds is 4. The average Bonchev–Trinajstić information content (AvgIpc) is 2.96. The number of carbonyl (C=O) groups is 2. The second-order valence-corrected chi connectivity index (χ2v) is 5.84. The molecular formula is C14H17NO4S. The number of carboxylic acid groups (broad SMARTS) is 1. The van der Waals surface area contributed by atoms with E-state index in [4.69, 9.17) is 4.74 Å². The molecule has 1 amide bonds. The first-order valence-electron chi connectivity index (χ1n) is 6.32. The third-order valence-electron chi connectivity index (χ3n) is 3.52. The normalized spacial score (nSPS) is 21.4. The molecule has 1 unspecified atom stereocenters. The number of hydrogen-bond acceptors (Lipinski definition) is 4. The average molecular weight is 295 g/mol. The fraction of sp³-hybridized carbons (Fsp3) is 0.429. The lowest BCUT2D eigenvalue weighted by Gasteiger charge is -2.33. The highest BCUT2D eigenvalue weighted by Gasteiger charge is 2.48. The Kier molecular flexibility index (Phi) is 4.54. The van der Waals surface area contributed by atoms with Gasteiger partial charge in [0.15, 0.2) is 5.54 Å². The monoisotopic (exact) mass is 295 g/mol. The van der Waals surface area contributed by atoms with Gasteiger partial charge in [-0.3, -0.25) is 4.90 Å². The Morgan fingerprint density at radius 1 is 1.40 bits per heavy atom. The van der Waals surface area contributed by atoms with Crippen LogP contribution in [0, 0.1) is 0 Å². The van der Waals surface area contributed by atoms with Crippen LogP contribution in [-0.2, 0) is 16.1 Å². The van der Waals surface area contributed by atoms with Crippen LogP contribution < -0.4 is 0 Å². The van der Waals surface area contributed by atoms with Crippen molar-refractivity contribution in [3.05, 3.63) is 35.9 Å². The molecule has 2 rings (SSSR count). The molecule has 1 aromatic carbocycles. The topological polar surface area (TPSA) is 66.8 Å². The van der Waals surface area contributed by atoms with Crippen molar-refractivity contribution in [1.82, 2.24) is 4.90 Å². The maximum absolute atomic E-state index is 12.0. The van der Waals surface area contributed by atoms with Crippen molar-refractivity contribution in [3.8, 4) is 0 Å². The molecule has 1 aliphatic rings. The SMILES string of the molecule is CN(C(=O)OCc1ccccc1)C1(C(=O)O)CCSC1. The first-order chi connectivity index (χ1) is 9.56. The van der Waals surface area contributed by atoms with Crippen LogP contribution >= 0.6 is 11.8 Å². The van der Waals surface area contributed by atoms with Crippen LogP contribution in [0.15, 0.2) is 30.3 Å². The van der Waals surface area contributed by atoms with E-state index in [1.54, 1.807) is 0 Å². The summed E-state index contributed by atoms with van der Waals surface area (Å²) >= 11 is 1.54. The number of ether oxygens (including phenoxy) is 1. The van der Waals surface area contributed by atoms with Crippen LogP contribution in [-0.4, -0.2) is 46.2 Å². The molecule has 1 N–H and O–H groups in total. The van der Waals surface area contributed by atoms with Gasteiger partial charge < -0.3 is 9.84 Å². The van der Waals surface area contributed by atoms with Gasteiger partial charge in [-0.25, -0.2) is 9.59 Å². The number of carbonyl (C=O) groups excluding carboxylic acids is 1. The summed E-state index contributed by atoms with van der Waals surface area (Å²) in [5.74, 6) is 0.170. The van der Waals surface area contributed by atoms with Crippen molar-refractivity contribution in [2.45, 2.75) is 18.6 Å². The predicted molar refractivity (Wildman–Crippen MR) is 76.7 cm³/mol. The Hall–Kier alpha value is -1.69. The minimum atomic E-state index is -1.14. The highest BCUT2D eigenvalue weighted by atomic mass is 32.2. The van der Waals surface area contributed by atoms with Crippen LogP contribution in [0.4, 0.5) is 4.79 Å². The number of nitrogens with zero attached hydrogens (tertiary/aromatic N) is 1. The second kappa shape index (κ2) is 6.17. The number of aliphatic carboxylic acids is 1. The first-order valence-corrected chi connectivity index (χ1v) is 7.47. The molecule has 0 aliphatic carbocycles. The summed E-state index contributed by atoms with van der Waals surface area (Å²) in [6.45, 7) is 0.146. The van der Waals surface area contributed by atoms with Crippen molar-refractivity contribution < 1.29 is 19.4 Å². The van der Waals surface area contributed by atoms with E-state index in [2.05, 4.69) is 0 Å². The van der Waals surface area contributed by atoms with Gasteiger partial charge in [0.05, 0.1) is 0 Å². The van der Waals surface area contributed by atoms with Crippen molar-refractivity contribution in [2.75, 3.05) is 18.6 Å². The van der Waals surface area contributed by atoms with Crippen molar-refractivity contribution in [1.29, 1.82) is 0 Å². The summed E-state index contributed by atoms with van der Waals surface area (Å²) in [6, 6.07) is 9.31. The molecule has 1 aromatic rings. The smallest absolute Gasteiger partial charge is 0.410 e. The number of likely N-dealkylation sites (N-methyl/N-ethyl adjacent to an activating group) is 1. The van der Waals surface area contributed by atoms with Gasteiger partial charge in [0, 0.05) is 12.8 Å². The van der Waals surface area contributed by atoms with Gasteiger partial charge in [-0.1, -0.05) is 30.3 Å². The van der Waals surface area contributed by atoms with Gasteiger partial charge in [0.25, 0.3) is 0 Å². The molecule has 5 nitrogen and oxygen atoms in total. The minimum Gasteiger partial charge on any atom is -0.479 e. The summed E-state index contributed by atoms with van der Waals surface area (Å²) in [6.07, 6.45) is -0.150. The van der Waals surface area contributed by atoms with Crippen LogP contribution in [0.3, 0.4) is 0 Å². The number of amides is 1. The van der Waals surface area contributed by atoms with E-state index in [9.17, 15) is 14.7 Å². The van der Waals surface area contributed by atoms with Crippen LogP contribution in [0.2, 0.25) is 0 Å². The third-order valence-corrected chi connectivity index (χ3v) is 4.69. The van der Waals surface area contributed by atoms with Gasteiger partial charge in [-0.15, -0.1) is 0 Å². The molecule has 0 spiro atoms. The Morgan fingerprint density at radius 2 is 2.10 bits per heavy atom. The zero-order chi connectivity index (χ0) is 14.6. The molecule has 6 heteroatoms. The Bertz CT molecular complexity index is 485. The zero-order valence-electron chi connectivity index (χ0n) is 11.2. The van der Waals surface area contributed by atoms with E-state index in [0.29, 0.717) is 12.2 Å². The summed E-state index contributed by atoms with van der Waals surface area (Å²) in [5, 5.41) is 9.41. The molecule has 1 atom stereocenters. The van der Waals surface area contributed by atoms with E-state index in [-0.39, 0.29) is 6.61 Å². The summed E-state index contributed by atoms with van der Waals surface area (Å²) < 4.78 is 5.19. The summed E-state index contributed by atoms with van der Waals surface area (Å²) in [5.41, 5.74) is -0.266. The number of hydrogen-bond donors (Lipinski definition) is 1. The quantitative estimate of drug-likeness (QED) is 0.922. The van der Waals surface area contributed by atoms with Gasteiger partial charge in [0.1, 0.15) is 6.61 Å². The third kappa shape index (κ3) is 2.90. The molecule has 1 aliphatic heterocycles. The Labute approximate surface area is 121 Å². The standard InChI is InChI=1S/C14H17NO4S/c1-15(14(12(16)17)7-8-20-10-14)13(18)19-9-11-5-3-2-4-6-11/h2-6H,7-10H2,1H3,(H,16,17). The molecule has 0 radical (unpaired) electrons. The van der Waals surface area contributed by atoms with Gasteiger partial charge in [0.2, 0.25) is 0 Å². The van der Waals surface area contributed by atoms with Gasteiger partial charge in [-0.05, 0) is 17.7 Å². The van der Waals surface area contributed by atoms with E-state index in [1.165, 1.54) is 23.7 Å². The van der Waals surface area contributed by atoms with Crippen LogP contribution in [0.1, 0.15) is 12.0 Å². The number of benzene rings is 1. The molecule has 1 heterocycles. The number of carboxylic acids is 1. The summed E-state index contributed by atoms with van der Waals surface area (Å²) in [7, 11) is 1.49. The van der Waals surface area contributed by atoms with Crippen LogP contribution in [0.25, 0.3) is 0 Å². The van der Waals surface area contributed by atoms with Crippen molar-refractivity contribution >= 4 is 23.8 Å². The maximum Gasteiger partial charge on any atom is 0.410 e. The highest BCUT2D eigenvalue weighted by Crippen LogP contribution is 2.33. The Morgan fingerprint density at radius 3 is 2.65 bits per heavy atom. The molecule has 0 bridgehead atoms. The van der Waals surface area contributed by atoms with Crippen molar-refractivity contribution in [3.63, 3.8) is 0 Å². The van der Waals surface area contributed by atoms with E-state index < -0.39 is 17.6 Å². The fourth-order valence-corrected chi connectivity index (χ4v) is 3.55. The molecule has 0 saturated carbocycles. The van der Waals surface area contributed by atoms with Crippen molar-refractivity contribution in [2.24, 2.45) is 0 Å². The fourth-order valence-electron chi connectivity index (χ4n) is 2.12. The minimum absolute atomic E-state index is 0.146. The molecule has 0 aromatic heterocycles. The lowest BCUT2D eigenvalue weighted by Crippen LogP contribution is -2.55. The Balaban J connectivity index is 1.99. The maximum atomic E-state index is 12.0. The van der Waals surface area contributed by atoms with E-state index in [1.807, 2.05) is 30.3 Å². The zero-order valence-corrected chi connectivity index (χ0v) is 12.1. The lowest BCUT2D eigenvalue weighted by molar-refractivity contribution is -0.148. The first kappa shape index (κ1) is 14.7. The number of thioether (sulfide) groups is 1. The van der Waals surface area contributed by atoms with E-state index in [0.717, 1.165) is 11.3 Å². The summed E-state index contributed by atoms with van der Waals surface area (Å²) in [4.78, 5) is 24.7. The van der Waals surface area contributed by atoms with Crippen LogP contribution in [0.5, 0.6) is 0 Å². The predicted octanol–water partition coefficient (Wildman–Crippen LogP) is 2.22. The molecular weight excluding hydrogens is 278 g/mol. The van der Waals surface area contributed by atoms with E-state index >= 15 is 0 Å². The molecule has 20 heavy (non-hydrogen) atoms. The largest absolute Gasteiger partial charge is 0.479 e. The lowest BCUT2D eigenvalue weighted by atomic mass is 9.98. The molecule has 1 fully saturated rings. The second-order valence-electron chi connectivity index (χ2n) is 4.74. The molecule has 1 saturated heterocycles. The van der Waals surface area contributed by atoms with Gasteiger partial charge in [-0.2, -0.15) is 11.8 Å².